The fraction of sp³-hybridized carbons (Fsp3) is 0.913. The number of rotatable bonds is 9. The first-order valence-corrected chi connectivity index (χ1v) is 16.1. The Hall–Kier alpha value is -0.626. The van der Waals surface area contributed by atoms with E-state index in [9.17, 15) is 4.79 Å². The smallest absolute Gasteiger partial charge is 0.315 e. The summed E-state index contributed by atoms with van der Waals surface area (Å²) in [5.41, 5.74) is 3.29. The SMILES string of the molecule is COC(=O)C1CN([Si](C(C)C)(C(C)C)C(C)C)N=C1[Si](C(C)C)(C(C)C)C(C)C. The summed E-state index contributed by atoms with van der Waals surface area (Å²) in [5, 5.41) is 6.69. The maximum Gasteiger partial charge on any atom is 0.315 e. The van der Waals surface area contributed by atoms with Crippen molar-refractivity contribution in [1.29, 1.82) is 0 Å². The van der Waals surface area contributed by atoms with Crippen molar-refractivity contribution < 1.29 is 9.53 Å². The summed E-state index contributed by atoms with van der Waals surface area (Å²) >= 11 is 0. The summed E-state index contributed by atoms with van der Waals surface area (Å²) in [4.78, 5) is 13.0. The molecule has 0 aromatic carbocycles. The van der Waals surface area contributed by atoms with E-state index in [-0.39, 0.29) is 11.9 Å². The number of methoxy groups -OCH3 is 1. The van der Waals surface area contributed by atoms with Gasteiger partial charge < -0.3 is 9.41 Å². The third-order valence-corrected chi connectivity index (χ3v) is 21.7. The molecule has 0 N–H and O–H groups in total. The molecule has 0 saturated heterocycles. The summed E-state index contributed by atoms with van der Waals surface area (Å²) in [7, 11) is -2.46. The summed E-state index contributed by atoms with van der Waals surface area (Å²) in [5.74, 6) is -0.300. The molecular weight excluding hydrogens is 392 g/mol. The predicted octanol–water partition coefficient (Wildman–Crippen LogP) is 6.84. The van der Waals surface area contributed by atoms with Crippen LogP contribution in [0.2, 0.25) is 33.2 Å². The molecule has 0 fully saturated rings. The van der Waals surface area contributed by atoms with Crippen molar-refractivity contribution in [1.82, 2.24) is 4.67 Å². The monoisotopic (exact) mass is 440 g/mol. The molecule has 1 rings (SSSR count). The predicted molar refractivity (Wildman–Crippen MR) is 132 cm³/mol. The molecular formula is C23H48N2O2Si2. The Morgan fingerprint density at radius 3 is 1.48 bits per heavy atom. The van der Waals surface area contributed by atoms with E-state index in [1.54, 1.807) is 0 Å². The molecule has 0 saturated carbocycles. The highest BCUT2D eigenvalue weighted by Gasteiger charge is 2.58. The van der Waals surface area contributed by atoms with Gasteiger partial charge in [-0.25, -0.2) is 0 Å². The molecule has 1 atom stereocenters. The lowest BCUT2D eigenvalue weighted by atomic mass is 10.2. The largest absolute Gasteiger partial charge is 0.468 e. The number of carbonyl (C=O) groups excluding carboxylic acids is 1. The van der Waals surface area contributed by atoms with Gasteiger partial charge >= 0.3 is 5.97 Å². The second-order valence-corrected chi connectivity index (χ2v) is 22.5. The van der Waals surface area contributed by atoms with Crippen LogP contribution in [0.5, 0.6) is 0 Å². The molecule has 1 unspecified atom stereocenters. The highest BCUT2D eigenvalue weighted by Crippen LogP contribution is 2.50. The Kier molecular flexibility index (Phi) is 8.81. The van der Waals surface area contributed by atoms with Crippen LogP contribution in [0.1, 0.15) is 83.1 Å². The minimum atomic E-state index is -2.03. The lowest BCUT2D eigenvalue weighted by Gasteiger charge is -2.48. The maximum atomic E-state index is 13.0. The van der Waals surface area contributed by atoms with Crippen molar-refractivity contribution in [2.45, 2.75) is 116 Å². The van der Waals surface area contributed by atoms with E-state index < -0.39 is 16.3 Å². The first kappa shape index (κ1) is 26.4. The van der Waals surface area contributed by atoms with Gasteiger partial charge in [0.05, 0.1) is 7.11 Å². The molecule has 0 amide bonds. The molecule has 1 aliphatic rings. The molecule has 0 radical (unpaired) electrons. The molecule has 0 bridgehead atoms. The Morgan fingerprint density at radius 1 is 0.828 bits per heavy atom. The standard InChI is InChI=1S/C23H48N2O2Si2/c1-15(2)28(16(3)4,17(5)6)22-21(23(26)27-13)14-25(24-22)29(18(7)8,19(9)10)20(11)12/h15-21H,14H2,1-13H3. The Labute approximate surface area is 183 Å². The van der Waals surface area contributed by atoms with Gasteiger partial charge in [0.25, 0.3) is 0 Å². The number of carbonyl (C=O) groups is 1. The number of hydrazone groups is 1. The molecule has 1 heterocycles. The zero-order chi connectivity index (χ0) is 22.9. The van der Waals surface area contributed by atoms with Gasteiger partial charge in [0.1, 0.15) is 14.0 Å². The molecule has 6 heteroatoms. The Balaban J connectivity index is 3.82. The van der Waals surface area contributed by atoms with Gasteiger partial charge in [-0.2, -0.15) is 5.10 Å². The maximum absolute atomic E-state index is 13.0. The van der Waals surface area contributed by atoms with Crippen LogP contribution in [-0.4, -0.2) is 45.9 Å². The first-order valence-electron chi connectivity index (χ1n) is 11.7. The van der Waals surface area contributed by atoms with Crippen molar-refractivity contribution in [2.24, 2.45) is 11.0 Å². The third kappa shape index (κ3) is 4.12. The number of nitrogens with zero attached hydrogens (tertiary/aromatic N) is 2. The molecule has 4 nitrogen and oxygen atoms in total. The molecule has 0 spiro atoms. The highest BCUT2D eigenvalue weighted by atomic mass is 28.3. The van der Waals surface area contributed by atoms with Gasteiger partial charge in [0.2, 0.25) is 0 Å². The summed E-state index contributed by atoms with van der Waals surface area (Å²) < 4.78 is 7.79. The van der Waals surface area contributed by atoms with Crippen LogP contribution in [0.3, 0.4) is 0 Å². The molecule has 0 aromatic heterocycles. The topological polar surface area (TPSA) is 41.9 Å². The quantitative estimate of drug-likeness (QED) is 0.291. The first-order chi connectivity index (χ1) is 13.2. The minimum Gasteiger partial charge on any atom is -0.468 e. The van der Waals surface area contributed by atoms with Gasteiger partial charge in [0, 0.05) is 11.9 Å². The number of hydrogen-bond donors (Lipinski definition) is 0. The van der Waals surface area contributed by atoms with Gasteiger partial charge in [-0.1, -0.05) is 83.1 Å². The van der Waals surface area contributed by atoms with Crippen molar-refractivity contribution >= 4 is 27.6 Å². The van der Waals surface area contributed by atoms with Crippen molar-refractivity contribution in [2.75, 3.05) is 13.7 Å². The number of ether oxygens (including phenoxy) is 1. The van der Waals surface area contributed by atoms with Gasteiger partial charge in [-0.3, -0.25) is 4.79 Å². The van der Waals surface area contributed by atoms with Crippen LogP contribution in [0, 0.1) is 5.92 Å². The minimum absolute atomic E-state index is 0.0933. The van der Waals surface area contributed by atoms with Gasteiger partial charge in [-0.05, 0) is 33.2 Å². The second kappa shape index (κ2) is 9.67. The zero-order valence-electron chi connectivity index (χ0n) is 21.5. The average Bonchev–Trinajstić information content (AvgIpc) is 2.98. The highest BCUT2D eigenvalue weighted by molar-refractivity contribution is 7.10. The summed E-state index contributed by atoms with van der Waals surface area (Å²) in [6.07, 6.45) is 0. The molecule has 0 aliphatic carbocycles. The normalized spacial score (nSPS) is 18.8. The van der Waals surface area contributed by atoms with Crippen LogP contribution in [-0.2, 0) is 9.53 Å². The van der Waals surface area contributed by atoms with E-state index >= 15 is 0 Å². The van der Waals surface area contributed by atoms with Gasteiger partial charge in [0.15, 0.2) is 8.24 Å². The molecule has 170 valence electrons. The van der Waals surface area contributed by atoms with Crippen LogP contribution in [0.25, 0.3) is 0 Å². The van der Waals surface area contributed by atoms with Gasteiger partial charge in [-0.15, -0.1) is 0 Å². The molecule has 29 heavy (non-hydrogen) atoms. The fourth-order valence-corrected chi connectivity index (χ4v) is 20.8. The lowest BCUT2D eigenvalue weighted by molar-refractivity contribution is -0.142. The second-order valence-electron chi connectivity index (χ2n) is 10.9. The average molecular weight is 441 g/mol. The van der Waals surface area contributed by atoms with E-state index in [1.807, 2.05) is 0 Å². The molecule has 0 aromatic rings. The van der Waals surface area contributed by atoms with Crippen LogP contribution in [0.4, 0.5) is 0 Å². The van der Waals surface area contributed by atoms with Crippen molar-refractivity contribution in [3.63, 3.8) is 0 Å². The number of hydrogen-bond acceptors (Lipinski definition) is 4. The molecule has 1 aliphatic heterocycles. The summed E-state index contributed by atoms with van der Waals surface area (Å²) in [6, 6.07) is 0. The van der Waals surface area contributed by atoms with E-state index in [1.165, 1.54) is 12.4 Å². The zero-order valence-corrected chi connectivity index (χ0v) is 23.5. The van der Waals surface area contributed by atoms with E-state index in [4.69, 9.17) is 9.84 Å². The number of esters is 1. The third-order valence-electron chi connectivity index (χ3n) is 7.93. The van der Waals surface area contributed by atoms with Crippen LogP contribution < -0.4 is 0 Å². The lowest BCUT2D eigenvalue weighted by Crippen LogP contribution is -2.58. The fourth-order valence-electron chi connectivity index (χ4n) is 7.24. The van der Waals surface area contributed by atoms with E-state index in [0.717, 1.165) is 0 Å². The Bertz CT molecular complexity index is 554. The van der Waals surface area contributed by atoms with E-state index in [2.05, 4.69) is 87.8 Å². The van der Waals surface area contributed by atoms with Crippen LogP contribution >= 0.6 is 0 Å². The van der Waals surface area contributed by atoms with E-state index in [0.29, 0.717) is 39.8 Å². The van der Waals surface area contributed by atoms with Crippen molar-refractivity contribution in [3.8, 4) is 0 Å². The van der Waals surface area contributed by atoms with Crippen LogP contribution in [0.15, 0.2) is 5.10 Å². The Morgan fingerprint density at radius 2 is 1.21 bits per heavy atom. The van der Waals surface area contributed by atoms with Crippen molar-refractivity contribution in [3.05, 3.63) is 0 Å². The summed E-state index contributed by atoms with van der Waals surface area (Å²) in [6.45, 7) is 29.0.